The summed E-state index contributed by atoms with van der Waals surface area (Å²) in [6.07, 6.45) is 0. The van der Waals surface area contributed by atoms with Crippen LogP contribution < -0.4 is 11.1 Å². The molecule has 0 unspecified atom stereocenters. The average molecular weight is 965 g/mol. The van der Waals surface area contributed by atoms with E-state index in [1.54, 1.807) is 0 Å². The van der Waals surface area contributed by atoms with Crippen LogP contribution in [0, 0.1) is 3.57 Å². The summed E-state index contributed by atoms with van der Waals surface area (Å²) >= 11 is 9.43. The maximum atomic E-state index is 6.11. The van der Waals surface area contributed by atoms with Crippen LogP contribution in [0.3, 0.4) is 0 Å². The highest BCUT2D eigenvalue weighted by molar-refractivity contribution is 14.1. The Labute approximate surface area is 352 Å². The molecule has 0 atom stereocenters. The van der Waals surface area contributed by atoms with Crippen LogP contribution in [-0.4, -0.2) is 0 Å². The van der Waals surface area contributed by atoms with Gasteiger partial charge in [-0.3, -0.25) is 0 Å². The molecule has 0 amide bonds. The molecule has 54 heavy (non-hydrogen) atoms. The second-order valence-corrected chi connectivity index (χ2v) is 17.6. The van der Waals surface area contributed by atoms with Crippen molar-refractivity contribution in [3.8, 4) is 0 Å². The van der Waals surface area contributed by atoms with E-state index in [-0.39, 0.29) is 33.1 Å². The Morgan fingerprint density at radius 2 is 0.963 bits per heavy atom. The summed E-state index contributed by atoms with van der Waals surface area (Å²) in [6.45, 7) is 13.3. The zero-order valence-electron chi connectivity index (χ0n) is 29.6. The molecule has 0 saturated carbocycles. The Morgan fingerprint density at radius 1 is 0.537 bits per heavy atom. The van der Waals surface area contributed by atoms with Crippen LogP contribution in [0.15, 0.2) is 139 Å². The average Bonchev–Trinajstić information content (AvgIpc) is 3.64. The summed E-state index contributed by atoms with van der Waals surface area (Å²) in [7, 11) is 0. The smallest absolute Gasteiger partial charge is 0.158 e. The Morgan fingerprint density at radius 3 is 1.46 bits per heavy atom. The molecule has 0 radical (unpaired) electrons. The topological polar surface area (TPSA) is 64.3 Å². The number of benzene rings is 6. The normalized spacial score (nSPS) is 11.1. The van der Waals surface area contributed by atoms with Crippen molar-refractivity contribution in [3.63, 3.8) is 0 Å². The Hall–Kier alpha value is -3.79. The largest absolute Gasteiger partial charge is 0.455 e. The standard InChI is InChI=1S/C22H20BrNO.C12H6BrIO.C10H15N.3CH4/c1-22(2,3)14-8-10-16(11-9-14)24-19-13-15(23)12-18-17-6-4-5-7-20(17)25-21(18)19;13-7-5-9-8-3-1-2-4-11(8)15-12(9)10(14)6-7;1-10(2,3)8-4-6-9(11)7-5-8;;;/h4-13,24H,1-3H3;1-6H;4-7H,11H2,1-3H3;3*1H4. The van der Waals surface area contributed by atoms with Crippen molar-refractivity contribution in [1.82, 2.24) is 0 Å². The number of para-hydroxylation sites is 2. The fraction of sp³-hybridized carbons (Fsp3) is 0.234. The lowest BCUT2D eigenvalue weighted by molar-refractivity contribution is 0.590. The number of halogens is 3. The summed E-state index contributed by atoms with van der Waals surface area (Å²) in [4.78, 5) is 0. The van der Waals surface area contributed by atoms with E-state index < -0.39 is 0 Å². The summed E-state index contributed by atoms with van der Waals surface area (Å²) in [6, 6.07) is 41.2. The molecule has 0 aliphatic heterocycles. The first-order valence-electron chi connectivity index (χ1n) is 16.8. The molecule has 8 aromatic rings. The summed E-state index contributed by atoms with van der Waals surface area (Å²) in [5.74, 6) is 0. The lowest BCUT2D eigenvalue weighted by atomic mass is 9.87. The van der Waals surface area contributed by atoms with Crippen molar-refractivity contribution < 1.29 is 8.83 Å². The number of hydrogen-bond acceptors (Lipinski definition) is 4. The fourth-order valence-corrected chi connectivity index (χ4v) is 7.91. The van der Waals surface area contributed by atoms with Gasteiger partial charge in [0.25, 0.3) is 0 Å². The van der Waals surface area contributed by atoms with Gasteiger partial charge in [0.2, 0.25) is 0 Å². The molecule has 6 aromatic carbocycles. The number of fused-ring (bicyclic) bond motifs is 6. The molecule has 7 heteroatoms. The quantitative estimate of drug-likeness (QED) is 0.134. The second-order valence-electron chi connectivity index (χ2n) is 14.6. The molecule has 0 saturated heterocycles. The van der Waals surface area contributed by atoms with E-state index in [4.69, 9.17) is 14.6 Å². The lowest BCUT2D eigenvalue weighted by Gasteiger charge is -2.19. The third kappa shape index (κ3) is 10.3. The number of nitrogens with two attached hydrogens (primary N) is 1. The van der Waals surface area contributed by atoms with Crippen LogP contribution in [0.25, 0.3) is 43.9 Å². The number of anilines is 3. The van der Waals surface area contributed by atoms with Crippen LogP contribution >= 0.6 is 54.5 Å². The number of nitrogen functional groups attached to an aromatic ring is 1. The lowest BCUT2D eigenvalue weighted by Crippen LogP contribution is -2.10. The van der Waals surface area contributed by atoms with Crippen molar-refractivity contribution in [1.29, 1.82) is 0 Å². The highest BCUT2D eigenvalue weighted by atomic mass is 127. The van der Waals surface area contributed by atoms with Gasteiger partial charge in [0.15, 0.2) is 5.58 Å². The van der Waals surface area contributed by atoms with Gasteiger partial charge in [-0.2, -0.15) is 0 Å². The van der Waals surface area contributed by atoms with Crippen molar-refractivity contribution in [2.24, 2.45) is 0 Å². The maximum Gasteiger partial charge on any atom is 0.158 e. The van der Waals surface area contributed by atoms with Crippen LogP contribution in [0.4, 0.5) is 17.1 Å². The van der Waals surface area contributed by atoms with Crippen molar-refractivity contribution in [2.75, 3.05) is 11.1 Å². The van der Waals surface area contributed by atoms with E-state index in [0.717, 1.165) is 62.7 Å². The molecule has 0 aliphatic carbocycles. The zero-order valence-corrected chi connectivity index (χ0v) is 34.9. The van der Waals surface area contributed by atoms with Crippen LogP contribution in [0.5, 0.6) is 0 Å². The SMILES string of the molecule is Brc1cc(I)c2oc3ccccc3c2c1.C.C.C.CC(C)(C)c1ccc(N)cc1.CC(C)(C)c1ccc(Nc2cc(Br)cc3c2oc2ccccc23)cc1. The van der Waals surface area contributed by atoms with Crippen LogP contribution in [-0.2, 0) is 10.8 Å². The Kier molecular flexibility index (Phi) is 15.1. The Balaban J connectivity index is 0.000000232. The molecule has 284 valence electrons. The molecular weight excluding hydrogens is 911 g/mol. The molecule has 8 rings (SSSR count). The number of furan rings is 2. The van der Waals surface area contributed by atoms with E-state index in [0.29, 0.717) is 0 Å². The summed E-state index contributed by atoms with van der Waals surface area (Å²) in [5, 5.41) is 8.09. The van der Waals surface area contributed by atoms with Gasteiger partial charge in [-0.1, -0.05) is 156 Å². The van der Waals surface area contributed by atoms with Gasteiger partial charge in [0.05, 0.1) is 9.26 Å². The minimum atomic E-state index is 0. The fourth-order valence-electron chi connectivity index (χ4n) is 5.83. The van der Waals surface area contributed by atoms with Gasteiger partial charge in [-0.05, 0) is 105 Å². The molecule has 0 bridgehead atoms. The summed E-state index contributed by atoms with van der Waals surface area (Å²) < 4.78 is 15.2. The zero-order chi connectivity index (χ0) is 36.5. The van der Waals surface area contributed by atoms with Crippen molar-refractivity contribution in [3.05, 3.63) is 145 Å². The van der Waals surface area contributed by atoms with Crippen molar-refractivity contribution >= 4 is 115 Å². The molecule has 2 heterocycles. The third-order valence-electron chi connectivity index (χ3n) is 8.65. The predicted molar refractivity (Wildman–Crippen MR) is 254 cm³/mol. The van der Waals surface area contributed by atoms with E-state index in [1.165, 1.54) is 21.9 Å². The first-order chi connectivity index (χ1) is 24.2. The van der Waals surface area contributed by atoms with E-state index >= 15 is 0 Å². The molecule has 0 spiro atoms. The summed E-state index contributed by atoms with van der Waals surface area (Å²) in [5.41, 5.74) is 15.1. The van der Waals surface area contributed by atoms with Gasteiger partial charge >= 0.3 is 0 Å². The van der Waals surface area contributed by atoms with Gasteiger partial charge < -0.3 is 19.9 Å². The predicted octanol–water partition coefficient (Wildman–Crippen LogP) is 16.8. The van der Waals surface area contributed by atoms with Crippen LogP contribution in [0.1, 0.15) is 74.9 Å². The van der Waals surface area contributed by atoms with E-state index in [9.17, 15) is 0 Å². The highest BCUT2D eigenvalue weighted by Crippen LogP contribution is 2.38. The minimum Gasteiger partial charge on any atom is -0.455 e. The number of rotatable bonds is 2. The van der Waals surface area contributed by atoms with Gasteiger partial charge in [0.1, 0.15) is 16.7 Å². The second kappa shape index (κ2) is 18.2. The van der Waals surface area contributed by atoms with E-state index in [2.05, 4.69) is 174 Å². The molecular formula is C47H53Br2IN2O2. The molecule has 0 fully saturated rings. The van der Waals surface area contributed by atoms with Crippen LogP contribution in [0.2, 0.25) is 0 Å². The van der Waals surface area contributed by atoms with Crippen molar-refractivity contribution in [2.45, 2.75) is 74.7 Å². The molecule has 2 aromatic heterocycles. The third-order valence-corrected chi connectivity index (χ3v) is 10.4. The molecule has 0 aliphatic rings. The van der Waals surface area contributed by atoms with Gasteiger partial charge in [0, 0.05) is 41.9 Å². The van der Waals surface area contributed by atoms with Gasteiger partial charge in [-0.15, -0.1) is 0 Å². The maximum absolute atomic E-state index is 6.11. The monoisotopic (exact) mass is 962 g/mol. The van der Waals surface area contributed by atoms with Gasteiger partial charge in [-0.25, -0.2) is 0 Å². The molecule has 4 nitrogen and oxygen atoms in total. The highest BCUT2D eigenvalue weighted by Gasteiger charge is 2.15. The van der Waals surface area contributed by atoms with E-state index in [1.807, 2.05) is 48.5 Å². The number of hydrogen-bond donors (Lipinski definition) is 2. The first kappa shape index (κ1) is 44.6. The Bertz CT molecular complexity index is 2450. The molecule has 3 N–H and O–H groups in total. The number of nitrogens with one attached hydrogen (secondary N) is 1. The minimum absolute atomic E-state index is 0. The first-order valence-corrected chi connectivity index (χ1v) is 19.4.